The number of nitrogens with zero attached hydrogens (tertiary/aromatic N) is 2. The lowest BCUT2D eigenvalue weighted by Crippen LogP contribution is -1.98. The molecular weight excluding hydrogens is 260 g/mol. The molecule has 0 aliphatic rings. The average molecular weight is 271 g/mol. The Kier molecular flexibility index (Phi) is 3.29. The van der Waals surface area contributed by atoms with Crippen LogP contribution >= 0.6 is 11.6 Å². The number of aromatic nitrogens is 2. The van der Waals surface area contributed by atoms with Gasteiger partial charge in [-0.2, -0.15) is 0 Å². The number of hydrogen-bond donors (Lipinski definition) is 0. The molecule has 0 aliphatic carbocycles. The molecule has 0 radical (unpaired) electrons. The van der Waals surface area contributed by atoms with Gasteiger partial charge in [-0.05, 0) is 22.4 Å². The van der Waals surface area contributed by atoms with E-state index in [9.17, 15) is 0 Å². The molecular formula is C15H11ClN2O. The number of ether oxygens (including phenoxy) is 1. The minimum Gasteiger partial charge on any atom is -0.459 e. The molecule has 0 amide bonds. The molecule has 0 spiro atoms. The second-order valence-electron chi connectivity index (χ2n) is 4.15. The number of benzene rings is 2. The monoisotopic (exact) mass is 270 g/mol. The summed E-state index contributed by atoms with van der Waals surface area (Å²) in [7, 11) is 0. The predicted molar refractivity (Wildman–Crippen MR) is 75.3 cm³/mol. The Morgan fingerprint density at radius 2 is 1.68 bits per heavy atom. The summed E-state index contributed by atoms with van der Waals surface area (Å²) in [5.41, 5.74) is 1.08. The van der Waals surface area contributed by atoms with E-state index in [0.717, 1.165) is 5.56 Å². The van der Waals surface area contributed by atoms with Crippen molar-refractivity contribution in [2.75, 3.05) is 0 Å². The Balaban J connectivity index is 1.76. The Bertz CT molecular complexity index is 698. The van der Waals surface area contributed by atoms with Crippen LogP contribution in [0.4, 0.5) is 0 Å². The molecule has 19 heavy (non-hydrogen) atoms. The molecule has 0 aliphatic heterocycles. The average Bonchev–Trinajstić information content (AvgIpc) is 2.46. The summed E-state index contributed by atoms with van der Waals surface area (Å²) in [6.45, 7) is 0.437. The molecule has 94 valence electrons. The number of fused-ring (bicyclic) bond motifs is 1. The Morgan fingerprint density at radius 1 is 0.947 bits per heavy atom. The van der Waals surface area contributed by atoms with Gasteiger partial charge in [0.1, 0.15) is 6.61 Å². The van der Waals surface area contributed by atoms with Crippen LogP contribution < -0.4 is 4.74 Å². The first-order valence-corrected chi connectivity index (χ1v) is 6.27. The zero-order chi connectivity index (χ0) is 13.1. The molecule has 0 bridgehead atoms. The summed E-state index contributed by atoms with van der Waals surface area (Å²) in [4.78, 5) is 7.98. The maximum atomic E-state index is 5.71. The lowest BCUT2D eigenvalue weighted by Gasteiger charge is -2.05. The van der Waals surface area contributed by atoms with Crippen LogP contribution in [0.2, 0.25) is 5.02 Å². The third kappa shape index (κ3) is 2.83. The third-order valence-electron chi connectivity index (χ3n) is 2.78. The molecule has 4 heteroatoms. The minimum absolute atomic E-state index is 0.331. The fourth-order valence-electron chi connectivity index (χ4n) is 1.85. The molecule has 0 atom stereocenters. The van der Waals surface area contributed by atoms with Gasteiger partial charge in [-0.1, -0.05) is 48.0 Å². The van der Waals surface area contributed by atoms with E-state index in [2.05, 4.69) is 34.2 Å². The largest absolute Gasteiger partial charge is 0.459 e. The molecule has 3 aromatic rings. The van der Waals surface area contributed by atoms with Crippen molar-refractivity contribution in [2.45, 2.75) is 6.61 Å². The van der Waals surface area contributed by atoms with Crippen LogP contribution in [0, 0.1) is 0 Å². The van der Waals surface area contributed by atoms with Crippen molar-refractivity contribution in [2.24, 2.45) is 0 Å². The van der Waals surface area contributed by atoms with E-state index in [1.54, 1.807) is 0 Å². The van der Waals surface area contributed by atoms with E-state index in [-0.39, 0.29) is 0 Å². The predicted octanol–water partition coefficient (Wildman–Crippen LogP) is 3.86. The van der Waals surface area contributed by atoms with Gasteiger partial charge < -0.3 is 4.74 Å². The zero-order valence-electron chi connectivity index (χ0n) is 10.1. The molecule has 0 saturated heterocycles. The number of hydrogen-bond acceptors (Lipinski definition) is 3. The van der Waals surface area contributed by atoms with Gasteiger partial charge in [0.15, 0.2) is 0 Å². The molecule has 3 nitrogen and oxygen atoms in total. The third-order valence-corrected chi connectivity index (χ3v) is 2.97. The fourth-order valence-corrected chi connectivity index (χ4v) is 1.95. The van der Waals surface area contributed by atoms with Gasteiger partial charge in [0, 0.05) is 0 Å². The molecule has 0 fully saturated rings. The van der Waals surface area contributed by atoms with Gasteiger partial charge in [-0.25, -0.2) is 9.97 Å². The van der Waals surface area contributed by atoms with E-state index in [1.807, 2.05) is 18.2 Å². The van der Waals surface area contributed by atoms with Gasteiger partial charge in [-0.3, -0.25) is 0 Å². The zero-order valence-corrected chi connectivity index (χ0v) is 10.8. The Morgan fingerprint density at radius 3 is 2.47 bits per heavy atom. The first-order chi connectivity index (χ1) is 9.31. The van der Waals surface area contributed by atoms with Crippen LogP contribution in [0.3, 0.4) is 0 Å². The SMILES string of the molecule is Clc1cnc(OCc2ccc3ccccc3c2)nc1. The van der Waals surface area contributed by atoms with E-state index in [0.29, 0.717) is 17.6 Å². The molecule has 0 unspecified atom stereocenters. The van der Waals surface area contributed by atoms with Gasteiger partial charge >= 0.3 is 6.01 Å². The molecule has 1 aromatic heterocycles. The normalized spacial score (nSPS) is 10.6. The van der Waals surface area contributed by atoms with E-state index in [1.165, 1.54) is 23.2 Å². The minimum atomic E-state index is 0.331. The van der Waals surface area contributed by atoms with Crippen molar-refractivity contribution in [1.82, 2.24) is 9.97 Å². The summed E-state index contributed by atoms with van der Waals surface area (Å²) in [6, 6.07) is 14.8. The molecule has 3 rings (SSSR count). The van der Waals surface area contributed by atoms with Crippen LogP contribution in [-0.4, -0.2) is 9.97 Å². The highest BCUT2D eigenvalue weighted by Crippen LogP contribution is 2.16. The van der Waals surface area contributed by atoms with Gasteiger partial charge in [0.2, 0.25) is 0 Å². The summed E-state index contributed by atoms with van der Waals surface area (Å²) >= 11 is 5.71. The van der Waals surface area contributed by atoms with Crippen molar-refractivity contribution in [3.63, 3.8) is 0 Å². The van der Waals surface area contributed by atoms with Crippen LogP contribution in [0.5, 0.6) is 6.01 Å². The van der Waals surface area contributed by atoms with E-state index >= 15 is 0 Å². The highest BCUT2D eigenvalue weighted by Gasteiger charge is 2.00. The Hall–Kier alpha value is -2.13. The topological polar surface area (TPSA) is 35.0 Å². The maximum absolute atomic E-state index is 5.71. The highest BCUT2D eigenvalue weighted by atomic mass is 35.5. The van der Waals surface area contributed by atoms with E-state index < -0.39 is 0 Å². The summed E-state index contributed by atoms with van der Waals surface area (Å²) in [5.74, 6) is 0. The van der Waals surface area contributed by atoms with Crippen molar-refractivity contribution >= 4 is 22.4 Å². The van der Waals surface area contributed by atoms with Crippen LogP contribution in [0.15, 0.2) is 54.9 Å². The number of rotatable bonds is 3. The quantitative estimate of drug-likeness (QED) is 0.725. The van der Waals surface area contributed by atoms with E-state index in [4.69, 9.17) is 16.3 Å². The van der Waals surface area contributed by atoms with Crippen molar-refractivity contribution in [3.8, 4) is 6.01 Å². The lowest BCUT2D eigenvalue weighted by molar-refractivity contribution is 0.281. The molecule has 0 N–H and O–H groups in total. The fraction of sp³-hybridized carbons (Fsp3) is 0.0667. The standard InChI is InChI=1S/C15H11ClN2O/c16-14-8-17-15(18-9-14)19-10-11-5-6-12-3-1-2-4-13(12)7-11/h1-9H,10H2. The van der Waals surface area contributed by atoms with Crippen molar-refractivity contribution in [3.05, 3.63) is 65.4 Å². The maximum Gasteiger partial charge on any atom is 0.316 e. The first kappa shape index (κ1) is 11.9. The molecule has 2 aromatic carbocycles. The second kappa shape index (κ2) is 5.24. The highest BCUT2D eigenvalue weighted by molar-refractivity contribution is 6.30. The number of halogens is 1. The summed E-state index contributed by atoms with van der Waals surface area (Å²) < 4.78 is 5.52. The van der Waals surface area contributed by atoms with Crippen LogP contribution in [0.25, 0.3) is 10.8 Å². The second-order valence-corrected chi connectivity index (χ2v) is 4.59. The van der Waals surface area contributed by atoms with Crippen molar-refractivity contribution < 1.29 is 4.74 Å². The summed E-state index contributed by atoms with van der Waals surface area (Å²) in [6.07, 6.45) is 3.04. The molecule has 1 heterocycles. The molecule has 0 saturated carbocycles. The smallest absolute Gasteiger partial charge is 0.316 e. The van der Waals surface area contributed by atoms with Gasteiger partial charge in [0.05, 0.1) is 17.4 Å². The van der Waals surface area contributed by atoms with Gasteiger partial charge in [-0.15, -0.1) is 0 Å². The van der Waals surface area contributed by atoms with Crippen LogP contribution in [0.1, 0.15) is 5.56 Å². The van der Waals surface area contributed by atoms with Crippen LogP contribution in [-0.2, 0) is 6.61 Å². The van der Waals surface area contributed by atoms with Crippen molar-refractivity contribution in [1.29, 1.82) is 0 Å². The van der Waals surface area contributed by atoms with Gasteiger partial charge in [0.25, 0.3) is 0 Å². The lowest BCUT2D eigenvalue weighted by atomic mass is 10.1. The Labute approximate surface area is 115 Å². The summed E-state index contributed by atoms with van der Waals surface area (Å²) in [5, 5.41) is 2.91. The first-order valence-electron chi connectivity index (χ1n) is 5.89.